The van der Waals surface area contributed by atoms with Crippen LogP contribution >= 0.6 is 46.4 Å². The molecule has 6 nitrogen and oxygen atoms in total. The van der Waals surface area contributed by atoms with E-state index >= 15 is 0 Å². The van der Waals surface area contributed by atoms with Gasteiger partial charge in [0.1, 0.15) is 0 Å². The number of carbonyl (C=O) groups excluding carboxylic acids is 1. The Morgan fingerprint density at radius 1 is 0.838 bits per heavy atom. The summed E-state index contributed by atoms with van der Waals surface area (Å²) in [6, 6.07) is 16.5. The van der Waals surface area contributed by atoms with Crippen LogP contribution in [0.5, 0.6) is 0 Å². The number of amides is 1. The van der Waals surface area contributed by atoms with Gasteiger partial charge in [-0.25, -0.2) is 8.42 Å². The lowest BCUT2D eigenvalue weighted by atomic mass is 10.1. The van der Waals surface area contributed by atoms with Gasteiger partial charge in [-0.2, -0.15) is 4.31 Å². The van der Waals surface area contributed by atoms with Crippen molar-refractivity contribution in [2.45, 2.75) is 18.4 Å². The van der Waals surface area contributed by atoms with E-state index < -0.39 is 10.0 Å². The number of rotatable bonds is 7. The molecule has 1 amide bonds. The van der Waals surface area contributed by atoms with Gasteiger partial charge in [0, 0.05) is 48.5 Å². The first-order valence-electron chi connectivity index (χ1n) is 11.5. The van der Waals surface area contributed by atoms with Crippen LogP contribution in [0.4, 0.5) is 5.69 Å². The van der Waals surface area contributed by atoms with Crippen molar-refractivity contribution in [2.24, 2.45) is 0 Å². The van der Waals surface area contributed by atoms with Crippen molar-refractivity contribution >= 4 is 68.0 Å². The van der Waals surface area contributed by atoms with Gasteiger partial charge in [0.25, 0.3) is 0 Å². The van der Waals surface area contributed by atoms with Crippen LogP contribution < -0.4 is 4.90 Å². The van der Waals surface area contributed by atoms with Crippen molar-refractivity contribution in [3.63, 3.8) is 0 Å². The molecule has 1 fully saturated rings. The molecule has 196 valence electrons. The van der Waals surface area contributed by atoms with Crippen molar-refractivity contribution < 1.29 is 13.2 Å². The molecular weight excluding hydrogens is 576 g/mol. The summed E-state index contributed by atoms with van der Waals surface area (Å²) in [5, 5.41) is 1.74. The summed E-state index contributed by atoms with van der Waals surface area (Å²) in [7, 11) is -4.01. The van der Waals surface area contributed by atoms with Crippen molar-refractivity contribution in [1.29, 1.82) is 0 Å². The number of aryl methyl sites for hydroxylation is 1. The van der Waals surface area contributed by atoms with Crippen molar-refractivity contribution in [3.05, 3.63) is 91.9 Å². The monoisotopic (exact) mass is 599 g/mol. The van der Waals surface area contributed by atoms with E-state index in [0.717, 1.165) is 15.6 Å². The van der Waals surface area contributed by atoms with Crippen molar-refractivity contribution in [1.82, 2.24) is 9.21 Å². The normalized spacial score (nSPS) is 14.3. The highest BCUT2D eigenvalue weighted by molar-refractivity contribution is 7.89. The van der Waals surface area contributed by atoms with Crippen LogP contribution in [0.1, 0.15) is 11.1 Å². The van der Waals surface area contributed by atoms with Gasteiger partial charge in [-0.3, -0.25) is 4.79 Å². The van der Waals surface area contributed by atoms with Gasteiger partial charge in [0.05, 0.1) is 21.5 Å². The number of anilines is 1. The van der Waals surface area contributed by atoms with Gasteiger partial charge in [0.15, 0.2) is 0 Å². The summed E-state index contributed by atoms with van der Waals surface area (Å²) < 4.78 is 28.3. The van der Waals surface area contributed by atoms with Crippen LogP contribution in [0.3, 0.4) is 0 Å². The molecule has 0 N–H and O–H groups in total. The summed E-state index contributed by atoms with van der Waals surface area (Å²) in [4.78, 5) is 17.2. The third-order valence-corrected chi connectivity index (χ3v) is 9.28. The number of sulfonamides is 1. The van der Waals surface area contributed by atoms with E-state index in [1.807, 2.05) is 25.1 Å². The Kier molecular flexibility index (Phi) is 8.94. The lowest BCUT2D eigenvalue weighted by molar-refractivity contribution is -0.131. The number of halogens is 4. The number of hydrogen-bond acceptors (Lipinski definition) is 4. The third-order valence-electron chi connectivity index (χ3n) is 6.25. The molecule has 0 unspecified atom stereocenters. The third kappa shape index (κ3) is 6.72. The summed E-state index contributed by atoms with van der Waals surface area (Å²) in [5.74, 6) is -0.278. The van der Waals surface area contributed by atoms with E-state index in [-0.39, 0.29) is 23.9 Å². The number of benzene rings is 3. The molecule has 4 rings (SSSR count). The summed E-state index contributed by atoms with van der Waals surface area (Å²) >= 11 is 24.3. The Balaban J connectivity index is 1.52. The minimum Gasteiger partial charge on any atom is -0.368 e. The molecule has 3 aromatic carbocycles. The lowest BCUT2D eigenvalue weighted by Gasteiger charge is -2.37. The second-order valence-corrected chi connectivity index (χ2v) is 12.4. The minimum absolute atomic E-state index is 0.0464. The standard InChI is InChI=1S/C26H25Cl4N3O3S/c1-18-2-4-21(28)15-25(18)31-10-12-32(13-11-31)26(34)17-33(16-19-3-9-23(29)24(30)14-19)37(35,36)22-7-5-20(27)6-8-22/h2-9,14-15H,10-13,16-17H2,1H3. The average molecular weight is 601 g/mol. The van der Waals surface area contributed by atoms with Crippen molar-refractivity contribution in [2.75, 3.05) is 37.6 Å². The zero-order valence-electron chi connectivity index (χ0n) is 20.0. The molecule has 3 aromatic rings. The summed E-state index contributed by atoms with van der Waals surface area (Å²) in [5.41, 5.74) is 2.75. The molecule has 0 radical (unpaired) electrons. The van der Waals surface area contributed by atoms with E-state index in [4.69, 9.17) is 46.4 Å². The Hall–Kier alpha value is -2.00. The van der Waals surface area contributed by atoms with Crippen LogP contribution in [0.25, 0.3) is 0 Å². The van der Waals surface area contributed by atoms with Crippen LogP contribution in [-0.2, 0) is 21.4 Å². The maximum Gasteiger partial charge on any atom is 0.243 e. The minimum atomic E-state index is -4.01. The van der Waals surface area contributed by atoms with Gasteiger partial charge in [-0.1, -0.05) is 58.5 Å². The maximum absolute atomic E-state index is 13.6. The summed E-state index contributed by atoms with van der Waals surface area (Å²) in [6.45, 7) is 3.81. The molecule has 11 heteroatoms. The topological polar surface area (TPSA) is 60.9 Å². The summed E-state index contributed by atoms with van der Waals surface area (Å²) in [6.07, 6.45) is 0. The zero-order valence-corrected chi connectivity index (χ0v) is 23.8. The largest absolute Gasteiger partial charge is 0.368 e. The second kappa shape index (κ2) is 11.8. The molecule has 0 bridgehead atoms. The number of nitrogens with zero attached hydrogens (tertiary/aromatic N) is 3. The molecule has 1 aliphatic heterocycles. The predicted octanol–water partition coefficient (Wildman–Crippen LogP) is 6.15. The highest BCUT2D eigenvalue weighted by Gasteiger charge is 2.30. The van der Waals surface area contributed by atoms with Crippen LogP contribution in [0, 0.1) is 6.92 Å². The van der Waals surface area contributed by atoms with E-state index in [0.29, 0.717) is 51.8 Å². The SMILES string of the molecule is Cc1ccc(Cl)cc1N1CCN(C(=O)CN(Cc2ccc(Cl)c(Cl)c2)S(=O)(=O)c2ccc(Cl)cc2)CC1. The highest BCUT2D eigenvalue weighted by Crippen LogP contribution is 2.27. The van der Waals surface area contributed by atoms with E-state index in [2.05, 4.69) is 4.90 Å². The maximum atomic E-state index is 13.6. The van der Waals surface area contributed by atoms with Gasteiger partial charge in [-0.05, 0) is 66.6 Å². The Labute approximate surface area is 237 Å². The predicted molar refractivity (Wildman–Crippen MR) is 150 cm³/mol. The zero-order chi connectivity index (χ0) is 26.7. The molecule has 0 saturated carbocycles. The number of piperazine rings is 1. The highest BCUT2D eigenvalue weighted by atomic mass is 35.5. The van der Waals surface area contributed by atoms with Gasteiger partial charge in [-0.15, -0.1) is 0 Å². The lowest BCUT2D eigenvalue weighted by Crippen LogP contribution is -2.51. The molecular formula is C26H25Cl4N3O3S. The van der Waals surface area contributed by atoms with E-state index in [1.54, 1.807) is 23.1 Å². The molecule has 37 heavy (non-hydrogen) atoms. The first-order valence-corrected chi connectivity index (χ1v) is 14.5. The second-order valence-electron chi connectivity index (χ2n) is 8.77. The Bertz CT molecular complexity index is 1390. The first-order chi connectivity index (χ1) is 17.5. The van der Waals surface area contributed by atoms with Gasteiger partial charge >= 0.3 is 0 Å². The molecule has 0 atom stereocenters. The van der Waals surface area contributed by atoms with Crippen LogP contribution in [0.15, 0.2) is 65.6 Å². The van der Waals surface area contributed by atoms with Crippen LogP contribution in [-0.4, -0.2) is 56.3 Å². The number of carbonyl (C=O) groups is 1. The van der Waals surface area contributed by atoms with Gasteiger partial charge < -0.3 is 9.80 Å². The Morgan fingerprint density at radius 3 is 2.14 bits per heavy atom. The molecule has 1 heterocycles. The fourth-order valence-electron chi connectivity index (χ4n) is 4.19. The fraction of sp³-hybridized carbons (Fsp3) is 0.269. The molecule has 0 aliphatic carbocycles. The van der Waals surface area contributed by atoms with Crippen LogP contribution in [0.2, 0.25) is 20.1 Å². The molecule has 1 saturated heterocycles. The smallest absolute Gasteiger partial charge is 0.243 e. The molecule has 1 aliphatic rings. The van der Waals surface area contributed by atoms with E-state index in [9.17, 15) is 13.2 Å². The van der Waals surface area contributed by atoms with Gasteiger partial charge in [0.2, 0.25) is 15.9 Å². The molecule has 0 spiro atoms. The quantitative estimate of drug-likeness (QED) is 0.326. The average Bonchev–Trinajstić information content (AvgIpc) is 2.87. The molecule has 0 aromatic heterocycles. The van der Waals surface area contributed by atoms with E-state index in [1.165, 1.54) is 24.3 Å². The van der Waals surface area contributed by atoms with Crippen molar-refractivity contribution in [3.8, 4) is 0 Å². The Morgan fingerprint density at radius 2 is 1.49 bits per heavy atom. The fourth-order valence-corrected chi connectivity index (χ4v) is 6.18. The first kappa shape index (κ1) is 28.0. The number of hydrogen-bond donors (Lipinski definition) is 0.